The summed E-state index contributed by atoms with van der Waals surface area (Å²) < 4.78 is 6.19. The van der Waals surface area contributed by atoms with Gasteiger partial charge in [-0.05, 0) is 68.4 Å². The highest BCUT2D eigenvalue weighted by Crippen LogP contribution is 2.56. The van der Waals surface area contributed by atoms with E-state index in [4.69, 9.17) is 4.74 Å². The quantitative estimate of drug-likeness (QED) is 0.511. The molecule has 3 aromatic rings. The average molecular weight is 473 g/mol. The first-order chi connectivity index (χ1) is 16.9. The number of hydrogen-bond donors (Lipinski definition) is 3. The van der Waals surface area contributed by atoms with Crippen molar-refractivity contribution >= 4 is 11.6 Å². The Hall–Kier alpha value is -3.22. The predicted octanol–water partition coefficient (Wildman–Crippen LogP) is 4.73. The summed E-state index contributed by atoms with van der Waals surface area (Å²) in [5.41, 5.74) is 2.05. The summed E-state index contributed by atoms with van der Waals surface area (Å²) in [5, 5.41) is 25.9. The van der Waals surface area contributed by atoms with E-state index >= 15 is 0 Å². The van der Waals surface area contributed by atoms with Crippen LogP contribution in [0.15, 0.2) is 66.9 Å². The molecule has 35 heavy (non-hydrogen) atoms. The number of nitrogens with one attached hydrogen (secondary N) is 1. The van der Waals surface area contributed by atoms with Gasteiger partial charge in [0.2, 0.25) is 0 Å². The summed E-state index contributed by atoms with van der Waals surface area (Å²) in [6.45, 7) is 4.48. The molecule has 1 fully saturated rings. The predicted molar refractivity (Wildman–Crippen MR) is 135 cm³/mol. The maximum Gasteiger partial charge on any atom is 0.255 e. The van der Waals surface area contributed by atoms with E-state index in [9.17, 15) is 15.0 Å². The maximum atomic E-state index is 13.0. The Labute approximate surface area is 206 Å². The van der Waals surface area contributed by atoms with Crippen molar-refractivity contribution in [1.82, 2.24) is 4.98 Å². The Bertz CT molecular complexity index is 1230. The molecule has 0 spiro atoms. The van der Waals surface area contributed by atoms with Crippen LogP contribution in [-0.2, 0) is 11.0 Å². The molecule has 5 rings (SSSR count). The fourth-order valence-corrected chi connectivity index (χ4v) is 6.07. The molecule has 0 bridgehead atoms. The Morgan fingerprint density at radius 3 is 2.69 bits per heavy atom. The Balaban J connectivity index is 1.48. The fourth-order valence-electron chi connectivity index (χ4n) is 6.07. The van der Waals surface area contributed by atoms with Crippen LogP contribution >= 0.6 is 0 Å². The second-order valence-corrected chi connectivity index (χ2v) is 9.86. The Morgan fingerprint density at radius 2 is 1.94 bits per heavy atom. The molecule has 1 aliphatic heterocycles. The van der Waals surface area contributed by atoms with Gasteiger partial charge in [0.1, 0.15) is 11.4 Å². The highest BCUT2D eigenvalue weighted by molar-refractivity contribution is 6.04. The van der Waals surface area contributed by atoms with Gasteiger partial charge < -0.3 is 20.3 Å². The zero-order valence-electron chi connectivity index (χ0n) is 20.2. The minimum Gasteiger partial charge on any atom is -0.493 e. The Morgan fingerprint density at radius 1 is 1.14 bits per heavy atom. The van der Waals surface area contributed by atoms with Crippen molar-refractivity contribution < 1.29 is 19.7 Å². The summed E-state index contributed by atoms with van der Waals surface area (Å²) in [5.74, 6) is 0.586. The number of benzene rings is 2. The molecule has 1 unspecified atom stereocenters. The van der Waals surface area contributed by atoms with E-state index in [0.29, 0.717) is 36.4 Å². The highest BCUT2D eigenvalue weighted by atomic mass is 16.5. The minimum atomic E-state index is -1.30. The van der Waals surface area contributed by atoms with Gasteiger partial charge in [-0.1, -0.05) is 43.3 Å². The summed E-state index contributed by atoms with van der Waals surface area (Å²) >= 11 is 0. The number of aliphatic hydroxyl groups excluding tert-OH is 1. The molecule has 2 aromatic carbocycles. The van der Waals surface area contributed by atoms with Crippen LogP contribution < -0.4 is 10.1 Å². The number of nitrogens with zero attached hydrogens (tertiary/aromatic N) is 1. The van der Waals surface area contributed by atoms with E-state index in [1.807, 2.05) is 55.5 Å². The van der Waals surface area contributed by atoms with Crippen LogP contribution in [0.4, 0.5) is 5.69 Å². The molecule has 2 heterocycles. The van der Waals surface area contributed by atoms with E-state index in [0.717, 1.165) is 29.7 Å². The third-order valence-electron chi connectivity index (χ3n) is 8.11. The van der Waals surface area contributed by atoms with Crippen molar-refractivity contribution in [2.75, 3.05) is 11.9 Å². The Kier molecular flexibility index (Phi) is 6.11. The molecule has 6 nitrogen and oxygen atoms in total. The van der Waals surface area contributed by atoms with E-state index in [2.05, 4.69) is 17.2 Å². The van der Waals surface area contributed by atoms with Crippen LogP contribution in [0.1, 0.15) is 59.8 Å². The van der Waals surface area contributed by atoms with Crippen LogP contribution in [0.5, 0.6) is 5.75 Å². The third-order valence-corrected chi connectivity index (χ3v) is 8.11. The maximum absolute atomic E-state index is 13.0. The second kappa shape index (κ2) is 9.10. The van der Waals surface area contributed by atoms with E-state index in [-0.39, 0.29) is 17.2 Å². The van der Waals surface area contributed by atoms with Gasteiger partial charge in [0.25, 0.3) is 5.91 Å². The van der Waals surface area contributed by atoms with Crippen LogP contribution in [0.2, 0.25) is 0 Å². The van der Waals surface area contributed by atoms with Gasteiger partial charge in [-0.2, -0.15) is 0 Å². The highest BCUT2D eigenvalue weighted by Gasteiger charge is 2.55. The summed E-state index contributed by atoms with van der Waals surface area (Å²) in [4.78, 5) is 17.2. The molecule has 4 atom stereocenters. The molecular weight excluding hydrogens is 440 g/mol. The summed E-state index contributed by atoms with van der Waals surface area (Å²) in [7, 11) is 0. The number of fused-ring (bicyclic) bond motifs is 3. The average Bonchev–Trinajstić information content (AvgIpc) is 3.02. The molecule has 3 N–H and O–H groups in total. The van der Waals surface area contributed by atoms with Crippen molar-refractivity contribution in [3.63, 3.8) is 0 Å². The van der Waals surface area contributed by atoms with Crippen molar-refractivity contribution in [1.29, 1.82) is 0 Å². The van der Waals surface area contributed by atoms with Crippen LogP contribution in [0.25, 0.3) is 0 Å². The lowest BCUT2D eigenvalue weighted by molar-refractivity contribution is -0.144. The minimum absolute atomic E-state index is 0.125. The summed E-state index contributed by atoms with van der Waals surface area (Å²) in [6, 6.07) is 18.7. The van der Waals surface area contributed by atoms with Crippen LogP contribution in [-0.4, -0.2) is 33.8 Å². The molecule has 182 valence electrons. The number of aliphatic hydroxyl groups is 2. The van der Waals surface area contributed by atoms with Gasteiger partial charge in [-0.3, -0.25) is 9.78 Å². The molecule has 1 amide bonds. The lowest BCUT2D eigenvalue weighted by atomic mass is 9.55. The number of pyridine rings is 1. The number of carbonyl (C=O) groups excluding carboxylic acids is 1. The van der Waals surface area contributed by atoms with Crippen molar-refractivity contribution in [3.05, 3.63) is 89.2 Å². The largest absolute Gasteiger partial charge is 0.493 e. The number of anilines is 1. The number of aromatic nitrogens is 1. The molecule has 1 saturated carbocycles. The first-order valence-corrected chi connectivity index (χ1v) is 12.3. The SMILES string of the molecule is CC[C@@]12CC(O)[C@](O)(c3ccccc3)C[C@@H]1CCOc1cc(C(=O)Nc3cccnc3C)ccc12. The molecular formula is C29H32N2O4. The molecule has 6 heteroatoms. The van der Waals surface area contributed by atoms with Gasteiger partial charge in [-0.25, -0.2) is 0 Å². The number of rotatable bonds is 4. The van der Waals surface area contributed by atoms with Gasteiger partial charge in [0.05, 0.1) is 24.1 Å². The van der Waals surface area contributed by atoms with Gasteiger partial charge >= 0.3 is 0 Å². The van der Waals surface area contributed by atoms with Crippen LogP contribution in [0.3, 0.4) is 0 Å². The zero-order valence-corrected chi connectivity index (χ0v) is 20.2. The second-order valence-electron chi connectivity index (χ2n) is 9.86. The first-order valence-electron chi connectivity index (χ1n) is 12.3. The van der Waals surface area contributed by atoms with Crippen LogP contribution in [0, 0.1) is 12.8 Å². The molecule has 1 aromatic heterocycles. The summed E-state index contributed by atoms with van der Waals surface area (Å²) in [6.07, 6.45) is 3.23. The van der Waals surface area contributed by atoms with E-state index < -0.39 is 11.7 Å². The first kappa shape index (κ1) is 23.5. The number of hydrogen-bond acceptors (Lipinski definition) is 5. The smallest absolute Gasteiger partial charge is 0.255 e. The third kappa shape index (κ3) is 4.01. The number of amides is 1. The number of ether oxygens (including phenoxy) is 1. The van der Waals surface area contributed by atoms with Gasteiger partial charge in [-0.15, -0.1) is 0 Å². The van der Waals surface area contributed by atoms with Gasteiger partial charge in [0, 0.05) is 22.7 Å². The number of aryl methyl sites for hydroxylation is 1. The lowest BCUT2D eigenvalue weighted by Gasteiger charge is -2.52. The molecule has 0 radical (unpaired) electrons. The van der Waals surface area contributed by atoms with Crippen molar-refractivity contribution in [3.8, 4) is 5.75 Å². The number of carbonyl (C=O) groups is 1. The van der Waals surface area contributed by atoms with Crippen molar-refractivity contribution in [2.24, 2.45) is 5.92 Å². The topological polar surface area (TPSA) is 91.7 Å². The fraction of sp³-hybridized carbons (Fsp3) is 0.379. The van der Waals surface area contributed by atoms with Gasteiger partial charge in [0.15, 0.2) is 0 Å². The standard InChI is InChI=1S/C29H32N2O4/c1-3-28-18-26(32)29(34,21-8-5-4-6-9-21)17-22(28)13-15-35-25-16-20(11-12-23(25)28)27(33)31-24-10-7-14-30-19(24)2/h4-12,14,16,22,26,32,34H,3,13,15,17-18H2,1-2H3,(H,31,33)/t22-,26?,28+,29+/m0/s1. The molecule has 0 saturated heterocycles. The lowest BCUT2D eigenvalue weighted by Crippen LogP contribution is -2.54. The zero-order chi connectivity index (χ0) is 24.6. The van der Waals surface area contributed by atoms with Crippen molar-refractivity contribution in [2.45, 2.75) is 56.7 Å². The molecule has 1 aliphatic carbocycles. The molecule has 2 aliphatic rings. The van der Waals surface area contributed by atoms with E-state index in [1.54, 1.807) is 18.3 Å². The normalized spacial score (nSPS) is 27.7. The monoisotopic (exact) mass is 472 g/mol. The van der Waals surface area contributed by atoms with E-state index in [1.165, 1.54) is 0 Å².